The lowest BCUT2D eigenvalue weighted by Gasteiger charge is -2.39. The van der Waals surface area contributed by atoms with Gasteiger partial charge in [-0.25, -0.2) is 0 Å². The SMILES string of the molecule is C=CCCC(=O)N[C@H](C)[C@@H](OC(=O)[C@@H]1[C@H]2O[C@@]3(CC2Br)[C@H](C(=O)N(CC=C)Cc2ccccc2)N([C@@H](CC)CO)C(=O)[C@@H]13)c1ccccc1. The number of nitrogens with zero attached hydrogens (tertiary/aromatic N) is 2. The lowest BCUT2D eigenvalue weighted by atomic mass is 9.70. The number of aliphatic hydroxyl groups is 1. The van der Waals surface area contributed by atoms with Crippen molar-refractivity contribution >= 4 is 39.6 Å². The van der Waals surface area contributed by atoms with Gasteiger partial charge in [0.25, 0.3) is 0 Å². The molecule has 1 unspecified atom stereocenters. The maximum atomic E-state index is 14.7. The van der Waals surface area contributed by atoms with E-state index < -0.39 is 59.6 Å². The number of amides is 3. The van der Waals surface area contributed by atoms with E-state index in [0.29, 0.717) is 24.8 Å². The molecular weight excluding hydrogens is 690 g/mol. The molecule has 3 aliphatic rings. The normalized spacial score (nSPS) is 27.1. The van der Waals surface area contributed by atoms with Crippen LogP contribution < -0.4 is 5.32 Å². The zero-order chi connectivity index (χ0) is 35.3. The lowest BCUT2D eigenvalue weighted by Crippen LogP contribution is -2.58. The van der Waals surface area contributed by atoms with Gasteiger partial charge in [0.1, 0.15) is 17.7 Å². The van der Waals surface area contributed by atoms with Crippen molar-refractivity contribution < 1.29 is 33.8 Å². The van der Waals surface area contributed by atoms with Crippen molar-refractivity contribution in [2.75, 3.05) is 13.2 Å². The first-order chi connectivity index (χ1) is 23.6. The van der Waals surface area contributed by atoms with E-state index in [1.165, 1.54) is 4.90 Å². The number of fused-ring (bicyclic) bond motifs is 1. The summed E-state index contributed by atoms with van der Waals surface area (Å²) in [4.78, 5) is 59.1. The Morgan fingerprint density at radius 2 is 1.82 bits per heavy atom. The van der Waals surface area contributed by atoms with Crippen LogP contribution in [0.25, 0.3) is 0 Å². The van der Waals surface area contributed by atoms with E-state index in [-0.39, 0.29) is 42.8 Å². The number of allylic oxidation sites excluding steroid dienone is 1. The second-order valence-corrected chi connectivity index (χ2v) is 14.3. The minimum Gasteiger partial charge on any atom is -0.455 e. The summed E-state index contributed by atoms with van der Waals surface area (Å²) in [5.74, 6) is -3.64. The Hall–Kier alpha value is -3.80. The van der Waals surface area contributed by atoms with Gasteiger partial charge in [0.15, 0.2) is 0 Å². The number of hydrogen-bond acceptors (Lipinski definition) is 7. The van der Waals surface area contributed by atoms with Crippen LogP contribution in [0.5, 0.6) is 0 Å². The van der Waals surface area contributed by atoms with Crippen molar-refractivity contribution in [2.45, 2.75) is 86.8 Å². The molecule has 5 rings (SSSR count). The summed E-state index contributed by atoms with van der Waals surface area (Å²) in [7, 11) is 0. The molecule has 2 bridgehead atoms. The van der Waals surface area contributed by atoms with Crippen molar-refractivity contribution in [3.05, 3.63) is 97.1 Å². The van der Waals surface area contributed by atoms with Gasteiger partial charge in [0.2, 0.25) is 17.7 Å². The van der Waals surface area contributed by atoms with E-state index in [1.54, 1.807) is 24.0 Å². The number of carbonyl (C=O) groups excluding carboxylic acids is 4. The van der Waals surface area contributed by atoms with Gasteiger partial charge in [-0.2, -0.15) is 0 Å². The number of alkyl halides is 1. The molecule has 3 saturated heterocycles. The van der Waals surface area contributed by atoms with Gasteiger partial charge in [-0.3, -0.25) is 19.2 Å². The number of rotatable bonds is 16. The molecule has 0 radical (unpaired) electrons. The first-order valence-corrected chi connectivity index (χ1v) is 17.9. The molecule has 2 aromatic rings. The first kappa shape index (κ1) is 36.5. The minimum atomic E-state index is -1.33. The third kappa shape index (κ3) is 7.11. The van der Waals surface area contributed by atoms with Crippen LogP contribution >= 0.6 is 15.9 Å². The van der Waals surface area contributed by atoms with E-state index in [1.807, 2.05) is 67.6 Å². The predicted octanol–water partition coefficient (Wildman–Crippen LogP) is 4.48. The fourth-order valence-corrected chi connectivity index (χ4v) is 8.67. The molecule has 262 valence electrons. The third-order valence-electron chi connectivity index (χ3n) is 9.98. The van der Waals surface area contributed by atoms with Gasteiger partial charge < -0.3 is 29.7 Å². The highest BCUT2D eigenvalue weighted by Gasteiger charge is 2.77. The highest BCUT2D eigenvalue weighted by molar-refractivity contribution is 9.09. The number of ether oxygens (including phenoxy) is 2. The molecular formula is C38H46BrN3O7. The van der Waals surface area contributed by atoms with Crippen LogP contribution in [0.3, 0.4) is 0 Å². The second-order valence-electron chi connectivity index (χ2n) is 13.1. The summed E-state index contributed by atoms with van der Waals surface area (Å²) >= 11 is 3.72. The summed E-state index contributed by atoms with van der Waals surface area (Å²) in [5.41, 5.74) is 0.259. The standard InChI is InChI=1S/C38H46BrN3O7/c1-5-8-19-29(44)40-24(4)32(26-17-13-10-14-18-26)48-37(47)30-31-35(45)42(27(7-3)23-43)34(38(31)21-28(39)33(30)49-38)36(46)41(20-6-2)22-25-15-11-9-12-16-25/h5-6,9-18,24,27-28,30-34,43H,1-2,7-8,19-23H2,3-4H3,(H,40,44)/t24-,27+,28?,30+,31-,32-,33+,34+,38-/m1/s1. The maximum absolute atomic E-state index is 14.7. The number of aliphatic hydroxyl groups excluding tert-OH is 1. The Labute approximate surface area is 296 Å². The highest BCUT2D eigenvalue weighted by atomic mass is 79.9. The van der Waals surface area contributed by atoms with E-state index >= 15 is 0 Å². The predicted molar refractivity (Wildman–Crippen MR) is 188 cm³/mol. The average Bonchev–Trinajstić information content (AvgIpc) is 3.70. The van der Waals surface area contributed by atoms with Crippen LogP contribution in [0.15, 0.2) is 86.0 Å². The molecule has 3 aliphatic heterocycles. The van der Waals surface area contributed by atoms with Gasteiger partial charge in [-0.1, -0.05) is 95.7 Å². The molecule has 0 saturated carbocycles. The molecule has 11 heteroatoms. The smallest absolute Gasteiger partial charge is 0.313 e. The number of nitrogens with one attached hydrogen (secondary N) is 1. The summed E-state index contributed by atoms with van der Waals surface area (Å²) in [6.45, 7) is 11.3. The van der Waals surface area contributed by atoms with Gasteiger partial charge >= 0.3 is 5.97 Å². The summed E-state index contributed by atoms with van der Waals surface area (Å²) in [6, 6.07) is 16.3. The molecule has 0 aliphatic carbocycles. The quantitative estimate of drug-likeness (QED) is 0.148. The summed E-state index contributed by atoms with van der Waals surface area (Å²) in [6.07, 6.45) is 3.18. The van der Waals surface area contributed by atoms with Gasteiger partial charge in [-0.15, -0.1) is 13.2 Å². The molecule has 1 spiro atoms. The number of carbonyl (C=O) groups is 4. The monoisotopic (exact) mass is 735 g/mol. The second kappa shape index (κ2) is 15.8. The van der Waals surface area contributed by atoms with Gasteiger partial charge in [0, 0.05) is 24.3 Å². The summed E-state index contributed by atoms with van der Waals surface area (Å²) < 4.78 is 12.9. The van der Waals surface area contributed by atoms with Crippen molar-refractivity contribution in [3.8, 4) is 0 Å². The molecule has 2 N–H and O–H groups in total. The number of hydrogen-bond donors (Lipinski definition) is 2. The first-order valence-electron chi connectivity index (χ1n) is 17.0. The van der Waals surface area contributed by atoms with Crippen LogP contribution in [0.1, 0.15) is 56.8 Å². The third-order valence-corrected chi connectivity index (χ3v) is 10.8. The van der Waals surface area contributed by atoms with Crippen molar-refractivity contribution in [3.63, 3.8) is 0 Å². The van der Waals surface area contributed by atoms with Crippen molar-refractivity contribution in [1.29, 1.82) is 0 Å². The number of halogens is 1. The Bertz CT molecular complexity index is 1520. The minimum absolute atomic E-state index is 0.204. The van der Waals surface area contributed by atoms with Crippen LogP contribution in [0.4, 0.5) is 0 Å². The highest BCUT2D eigenvalue weighted by Crippen LogP contribution is 2.61. The van der Waals surface area contributed by atoms with E-state index in [4.69, 9.17) is 9.47 Å². The molecule has 3 fully saturated rings. The number of benzene rings is 2. The Morgan fingerprint density at radius 1 is 1.14 bits per heavy atom. The molecule has 49 heavy (non-hydrogen) atoms. The van der Waals surface area contributed by atoms with Crippen molar-refractivity contribution in [1.82, 2.24) is 15.1 Å². The van der Waals surface area contributed by atoms with Crippen molar-refractivity contribution in [2.24, 2.45) is 11.8 Å². The largest absolute Gasteiger partial charge is 0.455 e. The molecule has 2 aromatic carbocycles. The molecule has 9 atom stereocenters. The lowest BCUT2D eigenvalue weighted by molar-refractivity contribution is -0.162. The molecule has 10 nitrogen and oxygen atoms in total. The molecule has 3 amide bonds. The topological polar surface area (TPSA) is 125 Å². The van der Waals surface area contributed by atoms with Crippen LogP contribution in [-0.2, 0) is 35.2 Å². The molecule has 3 heterocycles. The number of esters is 1. The fourth-order valence-electron chi connectivity index (χ4n) is 7.73. The van der Waals surface area contributed by atoms with Gasteiger partial charge in [0.05, 0.1) is 36.6 Å². The van der Waals surface area contributed by atoms with E-state index in [0.717, 1.165) is 5.56 Å². The Morgan fingerprint density at radius 3 is 2.43 bits per heavy atom. The van der Waals surface area contributed by atoms with Gasteiger partial charge in [-0.05, 0) is 37.3 Å². The van der Waals surface area contributed by atoms with E-state index in [9.17, 15) is 24.3 Å². The van der Waals surface area contributed by atoms with Crippen LogP contribution in [0.2, 0.25) is 0 Å². The van der Waals surface area contributed by atoms with Crippen LogP contribution in [0, 0.1) is 11.8 Å². The van der Waals surface area contributed by atoms with Crippen LogP contribution in [-0.4, -0.2) is 86.4 Å². The summed E-state index contributed by atoms with van der Waals surface area (Å²) in [5, 5.41) is 13.4. The zero-order valence-electron chi connectivity index (χ0n) is 28.1. The fraction of sp³-hybridized carbons (Fsp3) is 0.474. The van der Waals surface area contributed by atoms with E-state index in [2.05, 4.69) is 34.4 Å². The zero-order valence-corrected chi connectivity index (χ0v) is 29.7. The average molecular weight is 737 g/mol. The molecule has 0 aromatic heterocycles. The number of likely N-dealkylation sites (tertiary alicyclic amines) is 1. The Kier molecular flexibility index (Phi) is 11.8. The maximum Gasteiger partial charge on any atom is 0.313 e. The Balaban J connectivity index is 1.50.